The SMILES string of the molecule is CNc1nc(Nc2cc3c(cc2Cl)c(C2CN(C=O)CCO2)cn3C)ncc1C(F)(F)F. The van der Waals surface area contributed by atoms with Gasteiger partial charge in [0.15, 0.2) is 0 Å². The van der Waals surface area contributed by atoms with Gasteiger partial charge in [0.1, 0.15) is 17.5 Å². The van der Waals surface area contributed by atoms with Crippen LogP contribution in [0.4, 0.5) is 30.6 Å². The molecule has 0 bridgehead atoms. The fourth-order valence-corrected chi connectivity index (χ4v) is 3.91. The maximum atomic E-state index is 13.1. The Bertz CT molecular complexity index is 1170. The zero-order valence-electron chi connectivity index (χ0n) is 17.2. The maximum absolute atomic E-state index is 13.1. The summed E-state index contributed by atoms with van der Waals surface area (Å²) in [6.07, 6.45) is -1.43. The van der Waals surface area contributed by atoms with Crippen LogP contribution in [-0.2, 0) is 22.8 Å². The summed E-state index contributed by atoms with van der Waals surface area (Å²) >= 11 is 6.48. The van der Waals surface area contributed by atoms with Gasteiger partial charge in [-0.3, -0.25) is 4.79 Å². The molecule has 1 saturated heterocycles. The first-order valence-electron chi connectivity index (χ1n) is 9.69. The van der Waals surface area contributed by atoms with Crippen LogP contribution in [0.15, 0.2) is 24.5 Å². The van der Waals surface area contributed by atoms with Crippen LogP contribution in [0.25, 0.3) is 10.9 Å². The summed E-state index contributed by atoms with van der Waals surface area (Å²) in [5.41, 5.74) is 1.19. The van der Waals surface area contributed by atoms with E-state index in [0.717, 1.165) is 22.9 Å². The highest BCUT2D eigenvalue weighted by atomic mass is 35.5. The highest BCUT2D eigenvalue weighted by molar-refractivity contribution is 6.34. The summed E-state index contributed by atoms with van der Waals surface area (Å²) in [6.45, 7) is 1.42. The highest BCUT2D eigenvalue weighted by Crippen LogP contribution is 2.37. The monoisotopic (exact) mass is 468 g/mol. The molecule has 12 heteroatoms. The molecule has 1 unspecified atom stereocenters. The fraction of sp³-hybridized carbons (Fsp3) is 0.350. The Morgan fingerprint density at radius 2 is 2.12 bits per heavy atom. The molecule has 32 heavy (non-hydrogen) atoms. The van der Waals surface area contributed by atoms with Crippen molar-refractivity contribution in [3.63, 3.8) is 0 Å². The first-order valence-corrected chi connectivity index (χ1v) is 10.1. The molecule has 4 rings (SSSR count). The van der Waals surface area contributed by atoms with Gasteiger partial charge in [0.2, 0.25) is 12.4 Å². The third kappa shape index (κ3) is 4.17. The average Bonchev–Trinajstić information content (AvgIpc) is 3.08. The van der Waals surface area contributed by atoms with Gasteiger partial charge in [-0.25, -0.2) is 4.98 Å². The Hall–Kier alpha value is -3.05. The van der Waals surface area contributed by atoms with E-state index in [4.69, 9.17) is 16.3 Å². The van der Waals surface area contributed by atoms with Crippen LogP contribution in [0.1, 0.15) is 17.2 Å². The van der Waals surface area contributed by atoms with Gasteiger partial charge in [-0.15, -0.1) is 0 Å². The van der Waals surface area contributed by atoms with E-state index in [-0.39, 0.29) is 17.9 Å². The van der Waals surface area contributed by atoms with Crippen LogP contribution in [0.3, 0.4) is 0 Å². The molecule has 3 aromatic rings. The number of amides is 1. The Morgan fingerprint density at radius 1 is 1.34 bits per heavy atom. The molecule has 0 spiro atoms. The Kier molecular flexibility index (Phi) is 5.87. The number of carbonyl (C=O) groups is 1. The number of halogens is 4. The van der Waals surface area contributed by atoms with E-state index in [2.05, 4.69) is 20.6 Å². The van der Waals surface area contributed by atoms with Crippen LogP contribution in [0.2, 0.25) is 5.02 Å². The largest absolute Gasteiger partial charge is 0.421 e. The van der Waals surface area contributed by atoms with Gasteiger partial charge in [0.25, 0.3) is 0 Å². The second kappa shape index (κ2) is 8.47. The molecule has 2 N–H and O–H groups in total. The number of benzene rings is 1. The molecule has 1 atom stereocenters. The number of aryl methyl sites for hydroxylation is 1. The summed E-state index contributed by atoms with van der Waals surface area (Å²) < 4.78 is 47.0. The smallest absolute Gasteiger partial charge is 0.372 e. The lowest BCUT2D eigenvalue weighted by Gasteiger charge is -2.30. The minimum absolute atomic E-state index is 0.0322. The van der Waals surface area contributed by atoms with E-state index < -0.39 is 11.7 Å². The van der Waals surface area contributed by atoms with E-state index in [9.17, 15) is 18.0 Å². The van der Waals surface area contributed by atoms with Gasteiger partial charge in [-0.1, -0.05) is 11.6 Å². The molecule has 1 aromatic carbocycles. The van der Waals surface area contributed by atoms with E-state index in [1.807, 2.05) is 17.8 Å². The minimum atomic E-state index is -4.58. The Morgan fingerprint density at radius 3 is 2.81 bits per heavy atom. The van der Waals surface area contributed by atoms with Crippen LogP contribution >= 0.6 is 11.6 Å². The van der Waals surface area contributed by atoms with Crippen LogP contribution < -0.4 is 10.6 Å². The first kappa shape index (κ1) is 22.2. The molecular weight excluding hydrogens is 449 g/mol. The standard InChI is InChI=1S/C20H20ClF3N6O2/c1-25-18-13(20(22,23)24)7-26-19(28-18)27-15-6-16-11(5-14(15)21)12(8-29(16)2)17-9-30(10-31)3-4-32-17/h5-8,10,17H,3-4,9H2,1-2H3,(H2,25,26,27,28). The molecule has 170 valence electrons. The topological polar surface area (TPSA) is 84.3 Å². The van der Waals surface area contributed by atoms with Crippen molar-refractivity contribution in [1.82, 2.24) is 19.4 Å². The lowest BCUT2D eigenvalue weighted by atomic mass is 10.1. The molecule has 3 heterocycles. The normalized spacial score (nSPS) is 16.9. The molecule has 0 aliphatic carbocycles. The van der Waals surface area contributed by atoms with Crippen molar-refractivity contribution in [1.29, 1.82) is 0 Å². The van der Waals surface area contributed by atoms with E-state index in [1.54, 1.807) is 17.0 Å². The number of anilines is 3. The number of ether oxygens (including phenoxy) is 1. The second-order valence-corrected chi connectivity index (χ2v) is 7.74. The molecule has 0 saturated carbocycles. The van der Waals surface area contributed by atoms with Crippen LogP contribution in [-0.4, -0.2) is 52.6 Å². The molecule has 0 radical (unpaired) electrons. The van der Waals surface area contributed by atoms with Crippen molar-refractivity contribution in [3.8, 4) is 0 Å². The molecular formula is C20H20ClF3N6O2. The summed E-state index contributed by atoms with van der Waals surface area (Å²) in [4.78, 5) is 20.5. The molecule has 2 aromatic heterocycles. The van der Waals surface area contributed by atoms with Gasteiger partial charge in [0.05, 0.1) is 29.4 Å². The number of nitrogens with one attached hydrogen (secondary N) is 2. The van der Waals surface area contributed by atoms with Gasteiger partial charge in [-0.2, -0.15) is 18.2 Å². The maximum Gasteiger partial charge on any atom is 0.421 e. The van der Waals surface area contributed by atoms with Gasteiger partial charge in [-0.05, 0) is 12.1 Å². The second-order valence-electron chi connectivity index (χ2n) is 7.33. The predicted octanol–water partition coefficient (Wildman–Crippen LogP) is 3.96. The van der Waals surface area contributed by atoms with Crippen LogP contribution in [0.5, 0.6) is 0 Å². The number of morpholine rings is 1. The number of hydrogen-bond donors (Lipinski definition) is 2. The van der Waals surface area contributed by atoms with Gasteiger partial charge in [0, 0.05) is 44.0 Å². The summed E-state index contributed by atoms with van der Waals surface area (Å²) in [5, 5.41) is 6.52. The molecule has 1 fully saturated rings. The number of hydrogen-bond acceptors (Lipinski definition) is 6. The van der Waals surface area contributed by atoms with Crippen LogP contribution in [0, 0.1) is 0 Å². The molecule has 8 nitrogen and oxygen atoms in total. The number of nitrogens with zero attached hydrogens (tertiary/aromatic N) is 4. The Labute approximate surface area is 186 Å². The van der Waals surface area contributed by atoms with E-state index in [1.165, 1.54) is 7.05 Å². The number of rotatable bonds is 5. The van der Waals surface area contributed by atoms with Crippen molar-refractivity contribution < 1.29 is 22.7 Å². The molecule has 1 aliphatic heterocycles. The third-order valence-corrected chi connectivity index (χ3v) is 5.59. The molecule has 1 amide bonds. The third-order valence-electron chi connectivity index (χ3n) is 5.28. The highest BCUT2D eigenvalue weighted by Gasteiger charge is 2.35. The van der Waals surface area contributed by atoms with Crippen molar-refractivity contribution in [2.45, 2.75) is 12.3 Å². The fourth-order valence-electron chi connectivity index (χ4n) is 3.70. The lowest BCUT2D eigenvalue weighted by Crippen LogP contribution is -2.37. The number of carbonyl (C=O) groups excluding carboxylic acids is 1. The molecule has 1 aliphatic rings. The quantitative estimate of drug-likeness (QED) is 0.551. The van der Waals surface area contributed by atoms with Gasteiger partial charge >= 0.3 is 6.18 Å². The van der Waals surface area contributed by atoms with E-state index >= 15 is 0 Å². The van der Waals surface area contributed by atoms with E-state index in [0.29, 0.717) is 36.6 Å². The van der Waals surface area contributed by atoms with Crippen molar-refractivity contribution in [3.05, 3.63) is 40.7 Å². The van der Waals surface area contributed by atoms with Gasteiger partial charge < -0.3 is 24.8 Å². The first-order chi connectivity index (χ1) is 15.2. The lowest BCUT2D eigenvalue weighted by molar-refractivity contribution is -0.137. The predicted molar refractivity (Wildman–Crippen MR) is 114 cm³/mol. The zero-order valence-corrected chi connectivity index (χ0v) is 18.0. The Balaban J connectivity index is 1.67. The summed E-state index contributed by atoms with van der Waals surface area (Å²) in [7, 11) is 3.21. The number of aromatic nitrogens is 3. The van der Waals surface area contributed by atoms with Crippen molar-refractivity contribution in [2.75, 3.05) is 37.4 Å². The average molecular weight is 469 g/mol. The summed E-state index contributed by atoms with van der Waals surface area (Å²) in [5.74, 6) is -0.377. The van der Waals surface area contributed by atoms with Crippen molar-refractivity contribution >= 4 is 46.4 Å². The van der Waals surface area contributed by atoms with Crippen molar-refractivity contribution in [2.24, 2.45) is 7.05 Å². The zero-order chi connectivity index (χ0) is 23.0. The number of alkyl halides is 3. The summed E-state index contributed by atoms with van der Waals surface area (Å²) in [6, 6.07) is 3.52. The minimum Gasteiger partial charge on any atom is -0.372 e. The number of fused-ring (bicyclic) bond motifs is 1.